The minimum absolute atomic E-state index is 0.0171. The number of nitrogens with two attached hydrogens (primary N) is 1. The number of benzene rings is 2. The molecule has 2 atom stereocenters. The van der Waals surface area contributed by atoms with Crippen molar-refractivity contribution in [1.82, 2.24) is 15.3 Å². The van der Waals surface area contributed by atoms with E-state index in [0.29, 0.717) is 18.5 Å². The van der Waals surface area contributed by atoms with Crippen LogP contribution in [-0.4, -0.2) is 41.2 Å². The van der Waals surface area contributed by atoms with Crippen LogP contribution in [0, 0.1) is 5.92 Å². The molecule has 0 bridgehead atoms. The van der Waals surface area contributed by atoms with Crippen LogP contribution in [0.3, 0.4) is 0 Å². The van der Waals surface area contributed by atoms with Gasteiger partial charge in [0, 0.05) is 36.4 Å². The summed E-state index contributed by atoms with van der Waals surface area (Å²) in [7, 11) is 0. The van der Waals surface area contributed by atoms with Crippen molar-refractivity contribution in [2.75, 3.05) is 24.5 Å². The molecule has 0 amide bonds. The molecule has 0 spiro atoms. The van der Waals surface area contributed by atoms with Gasteiger partial charge in [-0.15, -0.1) is 0 Å². The molecule has 29 heavy (non-hydrogen) atoms. The lowest BCUT2D eigenvalue weighted by molar-refractivity contribution is 0.250. The fraction of sp³-hybridized carbons (Fsp3) is 0.417. The fourth-order valence-electron chi connectivity index (χ4n) is 4.03. The number of fused-ring (bicyclic) bond motifs is 1. The normalized spacial score (nSPS) is 18.3. The van der Waals surface area contributed by atoms with Gasteiger partial charge in [-0.3, -0.25) is 0 Å². The Hall–Kier alpha value is -2.50. The summed E-state index contributed by atoms with van der Waals surface area (Å²) in [4.78, 5) is 11.7. The molecule has 1 fully saturated rings. The molecule has 0 saturated carbocycles. The topological polar surface area (TPSA) is 67.1 Å². The van der Waals surface area contributed by atoms with Crippen LogP contribution in [0.25, 0.3) is 22.0 Å². The Kier molecular flexibility index (Phi) is 5.52. The van der Waals surface area contributed by atoms with Crippen LogP contribution in [0.4, 0.5) is 5.95 Å². The van der Waals surface area contributed by atoms with Crippen molar-refractivity contribution in [3.8, 4) is 11.3 Å². The third kappa shape index (κ3) is 4.26. The van der Waals surface area contributed by atoms with Crippen LogP contribution in [0.15, 0.2) is 54.7 Å². The third-order valence-electron chi connectivity index (χ3n) is 6.32. The van der Waals surface area contributed by atoms with Gasteiger partial charge < -0.3 is 16.0 Å². The van der Waals surface area contributed by atoms with Crippen molar-refractivity contribution in [1.29, 1.82) is 0 Å². The van der Waals surface area contributed by atoms with Crippen molar-refractivity contribution in [3.05, 3.63) is 54.7 Å². The standard InChI is InChI=1S/C24H31N5/c1-17(15-25)24(2,3)28-21-11-13-29(16-21)23-26-12-10-22(27-23)20-9-8-18-6-4-5-7-19(18)14-20/h4-10,12,14,17,21,28H,11,13,15-16,25H2,1-3H3/t17?,21-/m1/s1. The van der Waals surface area contributed by atoms with E-state index in [2.05, 4.69) is 78.4 Å². The second-order valence-electron chi connectivity index (χ2n) is 8.74. The van der Waals surface area contributed by atoms with Crippen LogP contribution in [0.2, 0.25) is 0 Å². The van der Waals surface area contributed by atoms with Gasteiger partial charge in [-0.25, -0.2) is 9.97 Å². The molecule has 1 unspecified atom stereocenters. The summed E-state index contributed by atoms with van der Waals surface area (Å²) >= 11 is 0. The number of rotatable bonds is 6. The smallest absolute Gasteiger partial charge is 0.225 e. The monoisotopic (exact) mass is 389 g/mol. The van der Waals surface area contributed by atoms with Crippen molar-refractivity contribution in [2.24, 2.45) is 11.7 Å². The van der Waals surface area contributed by atoms with Crippen LogP contribution < -0.4 is 16.0 Å². The molecule has 3 N–H and O–H groups in total. The Morgan fingerprint density at radius 1 is 1.17 bits per heavy atom. The SMILES string of the molecule is CC(CN)C(C)(C)N[C@@H]1CCN(c2nccc(-c3ccc4ccccc4c3)n2)C1. The molecule has 1 aliphatic heterocycles. The molecule has 2 heterocycles. The highest BCUT2D eigenvalue weighted by molar-refractivity contribution is 5.86. The van der Waals surface area contributed by atoms with E-state index in [-0.39, 0.29) is 5.54 Å². The number of nitrogens with zero attached hydrogens (tertiary/aromatic N) is 3. The van der Waals surface area contributed by atoms with E-state index in [0.717, 1.165) is 36.7 Å². The number of nitrogens with one attached hydrogen (secondary N) is 1. The molecule has 4 rings (SSSR count). The molecular weight excluding hydrogens is 358 g/mol. The summed E-state index contributed by atoms with van der Waals surface area (Å²) in [6.45, 7) is 9.26. The summed E-state index contributed by atoms with van der Waals surface area (Å²) in [5.41, 5.74) is 8.00. The second kappa shape index (κ2) is 8.09. The minimum atomic E-state index is 0.0171. The summed E-state index contributed by atoms with van der Waals surface area (Å²) in [5, 5.41) is 6.27. The summed E-state index contributed by atoms with van der Waals surface area (Å²) in [5.74, 6) is 1.23. The van der Waals surface area contributed by atoms with Gasteiger partial charge in [0.2, 0.25) is 5.95 Å². The largest absolute Gasteiger partial charge is 0.339 e. The maximum Gasteiger partial charge on any atom is 0.225 e. The Bertz CT molecular complexity index is 984. The molecular formula is C24H31N5. The van der Waals surface area contributed by atoms with Crippen molar-refractivity contribution >= 4 is 16.7 Å². The second-order valence-corrected chi connectivity index (χ2v) is 8.74. The lowest BCUT2D eigenvalue weighted by atomic mass is 9.88. The lowest BCUT2D eigenvalue weighted by Gasteiger charge is -2.35. The van der Waals surface area contributed by atoms with Gasteiger partial charge >= 0.3 is 0 Å². The highest BCUT2D eigenvalue weighted by atomic mass is 15.3. The molecule has 0 radical (unpaired) electrons. The van der Waals surface area contributed by atoms with E-state index in [1.54, 1.807) is 0 Å². The predicted octanol–water partition coefficient (Wildman–Crippen LogP) is 3.84. The highest BCUT2D eigenvalue weighted by Crippen LogP contribution is 2.26. The van der Waals surface area contributed by atoms with Crippen LogP contribution >= 0.6 is 0 Å². The maximum atomic E-state index is 5.89. The Balaban J connectivity index is 1.50. The average molecular weight is 390 g/mol. The van der Waals surface area contributed by atoms with Gasteiger partial charge in [-0.05, 0) is 55.6 Å². The number of hydrogen-bond donors (Lipinski definition) is 2. The summed E-state index contributed by atoms with van der Waals surface area (Å²) in [6.07, 6.45) is 2.96. The van der Waals surface area contributed by atoms with Gasteiger partial charge in [0.25, 0.3) is 0 Å². The van der Waals surface area contributed by atoms with E-state index >= 15 is 0 Å². The van der Waals surface area contributed by atoms with Crippen LogP contribution in [-0.2, 0) is 0 Å². The summed E-state index contributed by atoms with van der Waals surface area (Å²) in [6, 6.07) is 17.3. The van der Waals surface area contributed by atoms with Crippen molar-refractivity contribution in [3.63, 3.8) is 0 Å². The summed E-state index contributed by atoms with van der Waals surface area (Å²) < 4.78 is 0. The van der Waals surface area contributed by atoms with Gasteiger partial charge in [0.1, 0.15) is 0 Å². The molecule has 3 aromatic rings. The van der Waals surface area contributed by atoms with E-state index in [1.165, 1.54) is 10.8 Å². The minimum Gasteiger partial charge on any atom is -0.339 e. The zero-order valence-corrected chi connectivity index (χ0v) is 17.6. The van der Waals surface area contributed by atoms with E-state index in [4.69, 9.17) is 10.7 Å². The quantitative estimate of drug-likeness (QED) is 0.670. The van der Waals surface area contributed by atoms with Crippen molar-refractivity contribution in [2.45, 2.75) is 38.8 Å². The molecule has 5 nitrogen and oxygen atoms in total. The van der Waals surface area contributed by atoms with Gasteiger partial charge in [-0.2, -0.15) is 0 Å². The van der Waals surface area contributed by atoms with Gasteiger partial charge in [0.05, 0.1) is 5.69 Å². The zero-order chi connectivity index (χ0) is 20.4. The highest BCUT2D eigenvalue weighted by Gasteiger charge is 2.32. The molecule has 1 saturated heterocycles. The van der Waals surface area contributed by atoms with Crippen LogP contribution in [0.1, 0.15) is 27.2 Å². The fourth-order valence-corrected chi connectivity index (χ4v) is 4.03. The Morgan fingerprint density at radius 2 is 1.97 bits per heavy atom. The average Bonchev–Trinajstić information content (AvgIpc) is 3.20. The van der Waals surface area contributed by atoms with E-state index in [9.17, 15) is 0 Å². The van der Waals surface area contributed by atoms with E-state index in [1.807, 2.05) is 12.3 Å². The third-order valence-corrected chi connectivity index (χ3v) is 6.32. The number of aromatic nitrogens is 2. The van der Waals surface area contributed by atoms with E-state index < -0.39 is 0 Å². The molecule has 1 aromatic heterocycles. The molecule has 1 aliphatic rings. The Morgan fingerprint density at radius 3 is 2.76 bits per heavy atom. The number of anilines is 1. The molecule has 152 valence electrons. The molecule has 5 heteroatoms. The van der Waals surface area contributed by atoms with Crippen LogP contribution in [0.5, 0.6) is 0 Å². The first kappa shape index (κ1) is 19.8. The lowest BCUT2D eigenvalue weighted by Crippen LogP contribution is -2.52. The zero-order valence-electron chi connectivity index (χ0n) is 17.6. The molecule has 0 aliphatic carbocycles. The first-order chi connectivity index (χ1) is 14.0. The van der Waals surface area contributed by atoms with Gasteiger partial charge in [0.15, 0.2) is 0 Å². The molecule has 2 aromatic carbocycles. The predicted molar refractivity (Wildman–Crippen MR) is 121 cm³/mol. The maximum absolute atomic E-state index is 5.89. The van der Waals surface area contributed by atoms with Crippen molar-refractivity contribution < 1.29 is 0 Å². The first-order valence-electron chi connectivity index (χ1n) is 10.5. The number of hydrogen-bond acceptors (Lipinski definition) is 5. The first-order valence-corrected chi connectivity index (χ1v) is 10.5. The van der Waals surface area contributed by atoms with Gasteiger partial charge in [-0.1, -0.05) is 43.3 Å². The Labute approximate surface area is 173 Å².